The number of nitrogens with one attached hydrogen (secondary N) is 3. The fourth-order valence-electron chi connectivity index (χ4n) is 9.13. The SMILES string of the molecule is CCn1c(=O)c(OCC(=O)NC)cc2cc(Nc3nc(N4CCN(C(C)(C)C5CCN(c6cccc7c6C(=O)N([C@@H]6CCC(=O)NC6=O)C7=O)CC5)CC4)ncc3Cl)ccc21. The number of carbonyl (C=O) groups is 5. The summed E-state index contributed by atoms with van der Waals surface area (Å²) < 4.78 is 7.17. The lowest BCUT2D eigenvalue weighted by molar-refractivity contribution is -0.136. The Morgan fingerprint density at radius 1 is 0.951 bits per heavy atom. The highest BCUT2D eigenvalue weighted by atomic mass is 35.5. The number of anilines is 4. The summed E-state index contributed by atoms with van der Waals surface area (Å²) in [7, 11) is 1.50. The molecule has 0 aliphatic carbocycles. The fourth-order valence-corrected chi connectivity index (χ4v) is 9.27. The first kappa shape index (κ1) is 41.7. The Labute approximate surface area is 357 Å². The zero-order valence-electron chi connectivity index (χ0n) is 34.6. The van der Waals surface area contributed by atoms with Crippen LogP contribution < -0.4 is 36.0 Å². The molecule has 2 aromatic carbocycles. The highest BCUT2D eigenvalue weighted by molar-refractivity contribution is 6.33. The van der Waals surface area contributed by atoms with Crippen LogP contribution in [0.1, 0.15) is 67.2 Å². The highest BCUT2D eigenvalue weighted by Gasteiger charge is 2.47. The molecule has 61 heavy (non-hydrogen) atoms. The van der Waals surface area contributed by atoms with Gasteiger partial charge in [0, 0.05) is 75.9 Å². The van der Waals surface area contributed by atoms with Crippen LogP contribution in [-0.4, -0.2) is 118 Å². The van der Waals surface area contributed by atoms with Gasteiger partial charge in [-0.3, -0.25) is 43.9 Å². The van der Waals surface area contributed by atoms with Crippen LogP contribution in [-0.2, 0) is 20.9 Å². The van der Waals surface area contributed by atoms with Crippen molar-refractivity contribution in [1.82, 2.24) is 35.0 Å². The van der Waals surface area contributed by atoms with Gasteiger partial charge in [-0.25, -0.2) is 4.98 Å². The van der Waals surface area contributed by atoms with Crippen molar-refractivity contribution in [3.8, 4) is 5.75 Å². The van der Waals surface area contributed by atoms with Gasteiger partial charge < -0.3 is 29.7 Å². The van der Waals surface area contributed by atoms with Crippen LogP contribution in [0.2, 0.25) is 5.02 Å². The maximum absolute atomic E-state index is 13.8. The minimum atomic E-state index is -1.01. The molecule has 0 saturated carbocycles. The first-order chi connectivity index (χ1) is 29.3. The summed E-state index contributed by atoms with van der Waals surface area (Å²) in [6, 6.07) is 11.5. The Balaban J connectivity index is 0.898. The smallest absolute Gasteiger partial charge is 0.293 e. The second kappa shape index (κ2) is 16.8. The molecule has 4 aromatic rings. The molecule has 0 spiro atoms. The standard InChI is InChI=1S/C43H49ClN10O7/c1-5-53-30-10-9-27(21-25(30)22-33(40(53)59)61-24-35(56)45-4)47-37-29(44)23-46-42(49-37)51-17-19-52(20-18-51)43(2,3)26-13-15-50(16-14-26)31-8-6-7-28-36(31)41(60)54(39(28)58)32-11-12-34(55)48-38(32)57/h6-10,21-23,26,32H,5,11-20,24H2,1-4H3,(H,45,56)(H,46,47,49)(H,48,55,57)/t32-/m1/s1. The number of hydrogen-bond donors (Lipinski definition) is 3. The predicted molar refractivity (Wildman–Crippen MR) is 230 cm³/mol. The molecule has 0 unspecified atom stereocenters. The second-order valence-electron chi connectivity index (χ2n) is 16.3. The summed E-state index contributed by atoms with van der Waals surface area (Å²) in [5, 5.41) is 9.17. The molecule has 320 valence electrons. The molecular formula is C43H49ClN10O7. The number of aromatic nitrogens is 3. The lowest BCUT2D eigenvalue weighted by atomic mass is 9.78. The summed E-state index contributed by atoms with van der Waals surface area (Å²) in [5.41, 5.74) is 2.30. The maximum atomic E-state index is 13.8. The third kappa shape index (κ3) is 7.87. The number of ether oxygens (including phenoxy) is 1. The van der Waals surface area contributed by atoms with Gasteiger partial charge in [-0.15, -0.1) is 0 Å². The molecular weight excluding hydrogens is 804 g/mol. The number of piperazine rings is 1. The van der Waals surface area contributed by atoms with E-state index in [0.717, 1.165) is 41.7 Å². The first-order valence-electron chi connectivity index (χ1n) is 20.7. The van der Waals surface area contributed by atoms with Crippen LogP contribution in [0.5, 0.6) is 5.75 Å². The number of pyridine rings is 1. The van der Waals surface area contributed by atoms with Crippen molar-refractivity contribution in [2.45, 2.75) is 64.6 Å². The topological polar surface area (TPSA) is 191 Å². The zero-order chi connectivity index (χ0) is 43.2. The number of imide groups is 2. The number of nitrogens with zero attached hydrogens (tertiary/aromatic N) is 7. The monoisotopic (exact) mass is 852 g/mol. The van der Waals surface area contributed by atoms with Crippen LogP contribution in [0.4, 0.5) is 23.1 Å². The highest BCUT2D eigenvalue weighted by Crippen LogP contribution is 2.39. The quantitative estimate of drug-likeness (QED) is 0.186. The minimum Gasteiger partial charge on any atom is -0.478 e. The number of halogens is 1. The van der Waals surface area contributed by atoms with E-state index in [1.165, 1.54) is 7.05 Å². The van der Waals surface area contributed by atoms with Crippen LogP contribution in [0.25, 0.3) is 10.9 Å². The van der Waals surface area contributed by atoms with Gasteiger partial charge in [0.05, 0.1) is 28.5 Å². The average Bonchev–Trinajstić information content (AvgIpc) is 3.52. The second-order valence-corrected chi connectivity index (χ2v) is 16.7. The molecule has 4 aliphatic heterocycles. The summed E-state index contributed by atoms with van der Waals surface area (Å²) in [4.78, 5) is 93.7. The third-order valence-corrected chi connectivity index (χ3v) is 12.9. The van der Waals surface area contributed by atoms with Crippen LogP contribution in [0.3, 0.4) is 0 Å². The molecule has 18 heteroatoms. The van der Waals surface area contributed by atoms with Crippen LogP contribution in [0.15, 0.2) is 53.5 Å². The number of aryl methyl sites for hydroxylation is 1. The van der Waals surface area contributed by atoms with Gasteiger partial charge in [-0.1, -0.05) is 17.7 Å². The average molecular weight is 853 g/mol. The number of amides is 5. The lowest BCUT2D eigenvalue weighted by Gasteiger charge is -2.50. The number of piperidine rings is 2. The van der Waals surface area contributed by atoms with Gasteiger partial charge in [0.2, 0.25) is 17.8 Å². The molecule has 0 radical (unpaired) electrons. The molecule has 2 aromatic heterocycles. The number of benzene rings is 2. The van der Waals surface area contributed by atoms with Gasteiger partial charge >= 0.3 is 0 Å². The number of fused-ring (bicyclic) bond motifs is 2. The van der Waals surface area contributed by atoms with Crippen molar-refractivity contribution in [3.05, 3.63) is 75.2 Å². The van der Waals surface area contributed by atoms with Gasteiger partial charge in [0.25, 0.3) is 23.3 Å². The van der Waals surface area contributed by atoms with Crippen LogP contribution >= 0.6 is 11.6 Å². The molecule has 5 amide bonds. The van der Waals surface area contributed by atoms with E-state index in [1.54, 1.807) is 29.0 Å². The molecule has 3 fully saturated rings. The molecule has 1 atom stereocenters. The van der Waals surface area contributed by atoms with E-state index in [0.29, 0.717) is 77.9 Å². The summed E-state index contributed by atoms with van der Waals surface area (Å²) >= 11 is 6.61. The van der Waals surface area contributed by atoms with E-state index in [9.17, 15) is 28.8 Å². The Hall–Kier alpha value is -6.07. The maximum Gasteiger partial charge on any atom is 0.293 e. The predicted octanol–water partition coefficient (Wildman–Crippen LogP) is 3.55. The normalized spacial score (nSPS) is 19.0. The Bertz CT molecular complexity index is 2490. The number of hydrogen-bond acceptors (Lipinski definition) is 13. The van der Waals surface area contributed by atoms with Crippen molar-refractivity contribution >= 4 is 75.2 Å². The number of likely N-dealkylation sites (N-methyl/N-ethyl adjacent to an activating group) is 1. The van der Waals surface area contributed by atoms with E-state index in [1.807, 2.05) is 31.2 Å². The molecule has 6 heterocycles. The van der Waals surface area contributed by atoms with Crippen LogP contribution in [0, 0.1) is 5.92 Å². The van der Waals surface area contributed by atoms with Gasteiger partial charge in [-0.2, -0.15) is 4.98 Å². The van der Waals surface area contributed by atoms with E-state index >= 15 is 0 Å². The van der Waals surface area contributed by atoms with Crippen molar-refractivity contribution in [1.29, 1.82) is 0 Å². The summed E-state index contributed by atoms with van der Waals surface area (Å²) in [5.74, 6) is -0.894. The first-order valence-corrected chi connectivity index (χ1v) is 21.1. The van der Waals surface area contributed by atoms with Crippen molar-refractivity contribution in [2.24, 2.45) is 5.92 Å². The minimum absolute atomic E-state index is 0.0737. The van der Waals surface area contributed by atoms with Crippen molar-refractivity contribution in [2.75, 3.05) is 68.0 Å². The largest absolute Gasteiger partial charge is 0.478 e. The molecule has 3 N–H and O–H groups in total. The van der Waals surface area contributed by atoms with Crippen molar-refractivity contribution in [3.63, 3.8) is 0 Å². The van der Waals surface area contributed by atoms with E-state index in [4.69, 9.17) is 21.3 Å². The van der Waals surface area contributed by atoms with Gasteiger partial charge in [0.1, 0.15) is 11.1 Å². The molecule has 0 bridgehead atoms. The van der Waals surface area contributed by atoms with Gasteiger partial charge in [-0.05, 0) is 82.3 Å². The molecule has 17 nitrogen and oxygen atoms in total. The van der Waals surface area contributed by atoms with Gasteiger partial charge in [0.15, 0.2) is 18.2 Å². The Morgan fingerprint density at radius 2 is 1.70 bits per heavy atom. The molecule has 3 saturated heterocycles. The van der Waals surface area contributed by atoms with E-state index < -0.39 is 29.7 Å². The molecule has 8 rings (SSSR count). The number of carbonyl (C=O) groups excluding carboxylic acids is 5. The lowest BCUT2D eigenvalue weighted by Crippen LogP contribution is -2.59. The molecule has 4 aliphatic rings. The van der Waals surface area contributed by atoms with Crippen molar-refractivity contribution < 1.29 is 28.7 Å². The number of rotatable bonds is 11. The Morgan fingerprint density at radius 3 is 2.41 bits per heavy atom. The zero-order valence-corrected chi connectivity index (χ0v) is 35.4. The van der Waals surface area contributed by atoms with E-state index in [-0.39, 0.29) is 42.2 Å². The Kier molecular flexibility index (Phi) is 11.4. The third-order valence-electron chi connectivity index (χ3n) is 12.7. The fraction of sp³-hybridized carbons (Fsp3) is 0.442. The summed E-state index contributed by atoms with van der Waals surface area (Å²) in [6.45, 7) is 11.1. The summed E-state index contributed by atoms with van der Waals surface area (Å²) in [6.07, 6.45) is 3.56. The van der Waals surface area contributed by atoms with E-state index in [2.05, 4.69) is 49.5 Å².